The lowest BCUT2D eigenvalue weighted by Crippen LogP contribution is -2.54. The second-order valence-electron chi connectivity index (χ2n) is 3.88. The fourth-order valence-corrected chi connectivity index (χ4v) is 1.14. The summed E-state index contributed by atoms with van der Waals surface area (Å²) in [4.78, 5) is 21.8. The van der Waals surface area contributed by atoms with Gasteiger partial charge in [-0.2, -0.15) is 0 Å². The fourth-order valence-electron chi connectivity index (χ4n) is 1.14. The molecule has 0 aliphatic heterocycles. The maximum absolute atomic E-state index is 12.5. The molecule has 2 atom stereocenters. The largest absolute Gasteiger partial charge is 0.480 e. The van der Waals surface area contributed by atoms with Crippen molar-refractivity contribution in [3.8, 4) is 0 Å². The zero-order chi connectivity index (χ0) is 14.3. The van der Waals surface area contributed by atoms with E-state index in [-0.39, 0.29) is 19.5 Å². The van der Waals surface area contributed by atoms with Crippen LogP contribution in [0.2, 0.25) is 0 Å². The minimum atomic E-state index is -3.18. The van der Waals surface area contributed by atoms with Crippen LogP contribution < -0.4 is 22.5 Å². The van der Waals surface area contributed by atoms with Crippen LogP contribution in [-0.4, -0.2) is 48.1 Å². The molecular weight excluding hydrogens is 250 g/mol. The topological polar surface area (TPSA) is 144 Å². The SMILES string of the molecule is NCC(N)C(=O)NCCCC(N)(C(=O)O)C(F)F. The normalized spacial score (nSPS) is 16.1. The van der Waals surface area contributed by atoms with Crippen molar-refractivity contribution in [1.29, 1.82) is 0 Å². The maximum atomic E-state index is 12.5. The summed E-state index contributed by atoms with van der Waals surface area (Å²) in [6.07, 6.45) is -3.65. The molecule has 9 heteroatoms. The average Bonchev–Trinajstić information content (AvgIpc) is 2.32. The van der Waals surface area contributed by atoms with E-state index in [1.165, 1.54) is 0 Å². The summed E-state index contributed by atoms with van der Waals surface area (Å²) in [6, 6.07) is -0.873. The Morgan fingerprint density at radius 2 is 1.94 bits per heavy atom. The third-order valence-corrected chi connectivity index (χ3v) is 2.44. The predicted octanol–water partition coefficient (Wildman–Crippen LogP) is -1.78. The zero-order valence-corrected chi connectivity index (χ0v) is 9.73. The molecule has 0 fully saturated rings. The van der Waals surface area contributed by atoms with Crippen LogP contribution in [0.3, 0.4) is 0 Å². The van der Waals surface area contributed by atoms with E-state index < -0.39 is 36.3 Å². The van der Waals surface area contributed by atoms with E-state index in [9.17, 15) is 18.4 Å². The number of nitrogens with two attached hydrogens (primary N) is 3. The van der Waals surface area contributed by atoms with Crippen LogP contribution in [0.1, 0.15) is 12.8 Å². The number of carbonyl (C=O) groups is 2. The number of carbonyl (C=O) groups excluding carboxylic acids is 1. The van der Waals surface area contributed by atoms with E-state index in [0.29, 0.717) is 0 Å². The first-order chi connectivity index (χ1) is 8.25. The van der Waals surface area contributed by atoms with Crippen molar-refractivity contribution < 1.29 is 23.5 Å². The molecule has 8 N–H and O–H groups in total. The van der Waals surface area contributed by atoms with Gasteiger partial charge >= 0.3 is 5.97 Å². The molecule has 106 valence electrons. The lowest BCUT2D eigenvalue weighted by atomic mass is 9.95. The van der Waals surface area contributed by atoms with Gasteiger partial charge < -0.3 is 27.6 Å². The van der Waals surface area contributed by atoms with Crippen molar-refractivity contribution in [2.24, 2.45) is 17.2 Å². The van der Waals surface area contributed by atoms with Gasteiger partial charge in [-0.1, -0.05) is 0 Å². The monoisotopic (exact) mass is 268 g/mol. The Hall–Kier alpha value is -1.32. The standard InChI is InChI=1S/C9H18F2N4O3/c10-7(11)9(14,8(17)18)2-1-3-15-6(16)5(13)4-12/h5,7H,1-4,12-14H2,(H,15,16)(H,17,18). The van der Waals surface area contributed by atoms with Crippen molar-refractivity contribution in [2.45, 2.75) is 30.8 Å². The Bertz CT molecular complexity index is 304. The van der Waals surface area contributed by atoms with Gasteiger partial charge in [0.25, 0.3) is 6.43 Å². The number of carboxylic acid groups (broad SMARTS) is 1. The number of amides is 1. The molecular formula is C9H18F2N4O3. The molecule has 0 spiro atoms. The van der Waals surface area contributed by atoms with Gasteiger partial charge in [-0.25, -0.2) is 13.6 Å². The summed E-state index contributed by atoms with van der Waals surface area (Å²) in [6.45, 7) is -0.0374. The van der Waals surface area contributed by atoms with E-state index in [4.69, 9.17) is 22.3 Å². The van der Waals surface area contributed by atoms with Crippen molar-refractivity contribution >= 4 is 11.9 Å². The van der Waals surface area contributed by atoms with Crippen molar-refractivity contribution in [3.05, 3.63) is 0 Å². The summed E-state index contributed by atoms with van der Waals surface area (Å²) >= 11 is 0. The Morgan fingerprint density at radius 1 is 1.39 bits per heavy atom. The predicted molar refractivity (Wildman–Crippen MR) is 59.8 cm³/mol. The van der Waals surface area contributed by atoms with Crippen LogP contribution in [-0.2, 0) is 9.59 Å². The molecule has 0 heterocycles. The highest BCUT2D eigenvalue weighted by Gasteiger charge is 2.43. The van der Waals surface area contributed by atoms with E-state index in [2.05, 4.69) is 5.32 Å². The van der Waals surface area contributed by atoms with Gasteiger partial charge in [-0.15, -0.1) is 0 Å². The van der Waals surface area contributed by atoms with Gasteiger partial charge in [-0.05, 0) is 12.8 Å². The Kier molecular flexibility index (Phi) is 6.66. The van der Waals surface area contributed by atoms with Gasteiger partial charge in [0.05, 0.1) is 6.04 Å². The second-order valence-corrected chi connectivity index (χ2v) is 3.88. The third kappa shape index (κ3) is 4.51. The summed E-state index contributed by atoms with van der Waals surface area (Å²) in [5.74, 6) is -2.30. The summed E-state index contributed by atoms with van der Waals surface area (Å²) in [5, 5.41) is 11.0. The van der Waals surface area contributed by atoms with Crippen LogP contribution in [0, 0.1) is 0 Å². The van der Waals surface area contributed by atoms with Crippen molar-refractivity contribution in [3.63, 3.8) is 0 Å². The molecule has 0 aromatic carbocycles. The van der Waals surface area contributed by atoms with E-state index in [1.54, 1.807) is 0 Å². The number of rotatable bonds is 8. The first-order valence-corrected chi connectivity index (χ1v) is 5.29. The molecule has 0 rings (SSSR count). The molecule has 0 aliphatic rings. The summed E-state index contributed by atoms with van der Waals surface area (Å²) in [5.41, 5.74) is 12.9. The molecule has 0 aromatic heterocycles. The molecule has 0 saturated heterocycles. The van der Waals surface area contributed by atoms with Crippen LogP contribution in [0.5, 0.6) is 0 Å². The maximum Gasteiger partial charge on any atom is 0.329 e. The van der Waals surface area contributed by atoms with E-state index in [1.807, 2.05) is 0 Å². The molecule has 7 nitrogen and oxygen atoms in total. The first kappa shape index (κ1) is 16.7. The molecule has 18 heavy (non-hydrogen) atoms. The molecule has 0 saturated carbocycles. The lowest BCUT2D eigenvalue weighted by molar-refractivity contribution is -0.150. The Balaban J connectivity index is 4.10. The Labute approximate surface area is 103 Å². The highest BCUT2D eigenvalue weighted by atomic mass is 19.3. The summed E-state index contributed by atoms with van der Waals surface area (Å²) in [7, 11) is 0. The number of aliphatic carboxylic acids is 1. The lowest BCUT2D eigenvalue weighted by Gasteiger charge is -2.23. The number of halogens is 2. The molecule has 0 aromatic rings. The van der Waals surface area contributed by atoms with Crippen molar-refractivity contribution in [2.75, 3.05) is 13.1 Å². The minimum Gasteiger partial charge on any atom is -0.480 e. The van der Waals surface area contributed by atoms with Crippen LogP contribution in [0.4, 0.5) is 8.78 Å². The number of carboxylic acids is 1. The Morgan fingerprint density at radius 3 is 2.33 bits per heavy atom. The highest BCUT2D eigenvalue weighted by molar-refractivity contribution is 5.81. The van der Waals surface area contributed by atoms with Gasteiger partial charge in [-0.3, -0.25) is 4.79 Å². The molecule has 2 unspecified atom stereocenters. The van der Waals surface area contributed by atoms with E-state index >= 15 is 0 Å². The molecule has 0 bridgehead atoms. The number of hydrogen-bond donors (Lipinski definition) is 5. The number of nitrogens with one attached hydrogen (secondary N) is 1. The zero-order valence-electron chi connectivity index (χ0n) is 9.73. The van der Waals surface area contributed by atoms with Gasteiger partial charge in [0.1, 0.15) is 0 Å². The van der Waals surface area contributed by atoms with Crippen LogP contribution in [0.25, 0.3) is 0 Å². The average molecular weight is 268 g/mol. The van der Waals surface area contributed by atoms with E-state index in [0.717, 1.165) is 0 Å². The second kappa shape index (κ2) is 7.19. The van der Waals surface area contributed by atoms with Crippen LogP contribution >= 0.6 is 0 Å². The quantitative estimate of drug-likeness (QED) is 0.329. The molecule has 0 aliphatic carbocycles. The molecule has 1 amide bonds. The highest BCUT2D eigenvalue weighted by Crippen LogP contribution is 2.19. The van der Waals surface area contributed by atoms with Gasteiger partial charge in [0, 0.05) is 13.1 Å². The third-order valence-electron chi connectivity index (χ3n) is 2.44. The van der Waals surface area contributed by atoms with Gasteiger partial charge in [0.2, 0.25) is 5.91 Å². The van der Waals surface area contributed by atoms with Gasteiger partial charge in [0.15, 0.2) is 5.54 Å². The van der Waals surface area contributed by atoms with Crippen LogP contribution in [0.15, 0.2) is 0 Å². The number of hydrogen-bond acceptors (Lipinski definition) is 5. The first-order valence-electron chi connectivity index (χ1n) is 5.29. The number of alkyl halides is 2. The summed E-state index contributed by atoms with van der Waals surface area (Å²) < 4.78 is 24.9. The smallest absolute Gasteiger partial charge is 0.329 e. The fraction of sp³-hybridized carbons (Fsp3) is 0.778. The molecule has 0 radical (unpaired) electrons. The minimum absolute atomic E-state index is 0.00380. The van der Waals surface area contributed by atoms with Crippen molar-refractivity contribution in [1.82, 2.24) is 5.32 Å².